The molecule has 0 amide bonds. The molecule has 0 atom stereocenters. The van der Waals surface area contributed by atoms with Crippen LogP contribution in [0.3, 0.4) is 0 Å². The highest BCUT2D eigenvalue weighted by Crippen LogP contribution is 2.36. The molecule has 0 unspecified atom stereocenters. The number of esters is 2. The number of carbonyl (C=O) groups is 2. The molecule has 116 valence electrons. The van der Waals surface area contributed by atoms with E-state index in [9.17, 15) is 9.59 Å². The summed E-state index contributed by atoms with van der Waals surface area (Å²) in [6.45, 7) is 7.83. The summed E-state index contributed by atoms with van der Waals surface area (Å²) < 4.78 is 10.3. The predicted octanol–water partition coefficient (Wildman–Crippen LogP) is 2.92. The van der Waals surface area contributed by atoms with Gasteiger partial charge in [0.1, 0.15) is 0 Å². The average Bonchev–Trinajstić information content (AvgIpc) is 2.66. The molecule has 0 spiro atoms. The lowest BCUT2D eigenvalue weighted by Gasteiger charge is -2.25. The Balaban J connectivity index is 2.54. The van der Waals surface area contributed by atoms with Gasteiger partial charge in [-0.3, -0.25) is 9.59 Å². The Hall–Kier alpha value is -2.36. The van der Waals surface area contributed by atoms with Crippen molar-refractivity contribution >= 4 is 17.5 Å². The van der Waals surface area contributed by atoms with E-state index in [2.05, 4.69) is 6.58 Å². The van der Waals surface area contributed by atoms with Crippen LogP contribution in [0.2, 0.25) is 0 Å². The fourth-order valence-corrected chi connectivity index (χ4v) is 2.56. The van der Waals surface area contributed by atoms with Crippen molar-refractivity contribution < 1.29 is 19.1 Å². The second-order valence-electron chi connectivity index (χ2n) is 5.10. The van der Waals surface area contributed by atoms with Crippen LogP contribution >= 0.6 is 0 Å². The van der Waals surface area contributed by atoms with Gasteiger partial charge in [-0.25, -0.2) is 0 Å². The Morgan fingerprint density at radius 2 is 1.73 bits per heavy atom. The number of allylic oxidation sites excluding steroid dienone is 2. The van der Waals surface area contributed by atoms with Crippen molar-refractivity contribution in [2.75, 3.05) is 13.2 Å². The average molecular weight is 300 g/mol. The predicted molar refractivity (Wildman–Crippen MR) is 84.0 cm³/mol. The Bertz CT molecular complexity index is 610. The molecular weight excluding hydrogens is 280 g/mol. The number of ether oxygens (including phenoxy) is 2. The first-order chi connectivity index (χ1) is 10.5. The number of carbonyl (C=O) groups excluding carboxylic acids is 2. The maximum absolute atomic E-state index is 12.5. The number of benzene rings is 1. The molecule has 2 rings (SSSR count). The lowest BCUT2D eigenvalue weighted by molar-refractivity contribution is -0.167. The maximum atomic E-state index is 12.5. The number of hydrogen-bond acceptors (Lipinski definition) is 4. The topological polar surface area (TPSA) is 52.6 Å². The molecule has 0 fully saturated rings. The van der Waals surface area contributed by atoms with Crippen molar-refractivity contribution in [3.8, 4) is 0 Å². The number of fused-ring (bicyclic) bond motifs is 1. The van der Waals surface area contributed by atoms with E-state index in [4.69, 9.17) is 9.47 Å². The lowest BCUT2D eigenvalue weighted by Crippen LogP contribution is -2.42. The summed E-state index contributed by atoms with van der Waals surface area (Å²) in [4.78, 5) is 25.0. The number of rotatable bonds is 4. The van der Waals surface area contributed by atoms with Gasteiger partial charge in [-0.05, 0) is 30.5 Å². The van der Waals surface area contributed by atoms with E-state index in [1.54, 1.807) is 26.0 Å². The van der Waals surface area contributed by atoms with Crippen LogP contribution < -0.4 is 0 Å². The summed E-state index contributed by atoms with van der Waals surface area (Å²) in [6, 6.07) is 7.59. The van der Waals surface area contributed by atoms with E-state index >= 15 is 0 Å². The summed E-state index contributed by atoms with van der Waals surface area (Å²) in [5.41, 5.74) is 1.10. The molecule has 0 aromatic heterocycles. The SMILES string of the molecule is C=C1C=CC(C(=O)OCC)(C(=O)OCC)Cc2ccccc21. The van der Waals surface area contributed by atoms with Crippen molar-refractivity contribution in [1.82, 2.24) is 0 Å². The van der Waals surface area contributed by atoms with E-state index in [1.807, 2.05) is 24.3 Å². The first-order valence-corrected chi connectivity index (χ1v) is 7.36. The van der Waals surface area contributed by atoms with Crippen LogP contribution in [0.5, 0.6) is 0 Å². The Kier molecular flexibility index (Phi) is 4.81. The molecule has 0 aliphatic heterocycles. The molecule has 4 heteroatoms. The van der Waals surface area contributed by atoms with Crippen molar-refractivity contribution in [2.24, 2.45) is 5.41 Å². The molecule has 1 aliphatic carbocycles. The van der Waals surface area contributed by atoms with Crippen LogP contribution in [-0.2, 0) is 25.5 Å². The van der Waals surface area contributed by atoms with Gasteiger partial charge in [0.25, 0.3) is 0 Å². The lowest BCUT2D eigenvalue weighted by atomic mass is 9.81. The molecule has 22 heavy (non-hydrogen) atoms. The van der Waals surface area contributed by atoms with E-state index in [1.165, 1.54) is 0 Å². The van der Waals surface area contributed by atoms with Gasteiger partial charge < -0.3 is 9.47 Å². The van der Waals surface area contributed by atoms with Crippen LogP contribution in [0.4, 0.5) is 0 Å². The van der Waals surface area contributed by atoms with Crippen molar-refractivity contribution in [3.05, 3.63) is 54.1 Å². The molecule has 0 heterocycles. The van der Waals surface area contributed by atoms with Crippen molar-refractivity contribution in [2.45, 2.75) is 20.3 Å². The number of hydrogen-bond donors (Lipinski definition) is 0. The zero-order chi connectivity index (χ0) is 16.2. The highest BCUT2D eigenvalue weighted by Gasteiger charge is 2.48. The summed E-state index contributed by atoms with van der Waals surface area (Å²) in [5, 5.41) is 0. The quantitative estimate of drug-likeness (QED) is 0.634. The van der Waals surface area contributed by atoms with E-state index in [0.29, 0.717) is 0 Å². The normalized spacial score (nSPS) is 15.6. The van der Waals surface area contributed by atoms with E-state index in [0.717, 1.165) is 16.7 Å². The Morgan fingerprint density at radius 3 is 2.32 bits per heavy atom. The zero-order valence-electron chi connectivity index (χ0n) is 12.9. The highest BCUT2D eigenvalue weighted by molar-refractivity contribution is 6.03. The standard InChI is InChI=1S/C18H20O4/c1-4-21-16(19)18(17(20)22-5-2)11-10-13(3)15-9-7-6-8-14(15)12-18/h6-11H,3-5,12H2,1-2H3. The highest BCUT2D eigenvalue weighted by atomic mass is 16.6. The zero-order valence-corrected chi connectivity index (χ0v) is 12.9. The van der Waals surface area contributed by atoms with E-state index < -0.39 is 17.4 Å². The Morgan fingerprint density at radius 1 is 1.14 bits per heavy atom. The fraction of sp³-hybridized carbons (Fsp3) is 0.333. The smallest absolute Gasteiger partial charge is 0.327 e. The van der Waals surface area contributed by atoms with Crippen molar-refractivity contribution in [1.29, 1.82) is 0 Å². The summed E-state index contributed by atoms with van der Waals surface area (Å²) in [6.07, 6.45) is 3.46. The first kappa shape index (κ1) is 16.0. The molecule has 1 aromatic carbocycles. The maximum Gasteiger partial charge on any atom is 0.327 e. The van der Waals surface area contributed by atoms with Crippen molar-refractivity contribution in [3.63, 3.8) is 0 Å². The first-order valence-electron chi connectivity index (χ1n) is 7.36. The molecule has 4 nitrogen and oxygen atoms in total. The minimum Gasteiger partial charge on any atom is -0.465 e. The third-order valence-corrected chi connectivity index (χ3v) is 3.68. The fourth-order valence-electron chi connectivity index (χ4n) is 2.56. The molecule has 0 saturated heterocycles. The van der Waals surface area contributed by atoms with Crippen LogP contribution in [0.15, 0.2) is 43.0 Å². The monoisotopic (exact) mass is 300 g/mol. The molecule has 1 aliphatic rings. The molecule has 0 N–H and O–H groups in total. The van der Waals surface area contributed by atoms with Gasteiger partial charge >= 0.3 is 11.9 Å². The molecular formula is C18H20O4. The summed E-state index contributed by atoms with van der Waals surface area (Å²) in [5.74, 6) is -1.18. The largest absolute Gasteiger partial charge is 0.465 e. The molecule has 0 radical (unpaired) electrons. The van der Waals surface area contributed by atoms with Gasteiger partial charge in [0.15, 0.2) is 5.41 Å². The molecule has 0 saturated carbocycles. The van der Waals surface area contributed by atoms with Gasteiger partial charge in [0.2, 0.25) is 0 Å². The third-order valence-electron chi connectivity index (χ3n) is 3.68. The van der Waals surface area contributed by atoms with E-state index in [-0.39, 0.29) is 19.6 Å². The second-order valence-corrected chi connectivity index (χ2v) is 5.10. The van der Waals surface area contributed by atoms with Crippen LogP contribution in [0.25, 0.3) is 5.57 Å². The Labute approximate surface area is 130 Å². The van der Waals surface area contributed by atoms with Gasteiger partial charge in [-0.15, -0.1) is 0 Å². The minimum atomic E-state index is -1.46. The molecule has 0 bridgehead atoms. The van der Waals surface area contributed by atoms with Gasteiger partial charge in [-0.1, -0.05) is 43.0 Å². The summed E-state index contributed by atoms with van der Waals surface area (Å²) in [7, 11) is 0. The third kappa shape index (κ3) is 2.82. The molecule has 1 aromatic rings. The van der Waals surface area contributed by atoms with Gasteiger partial charge in [0, 0.05) is 6.42 Å². The van der Waals surface area contributed by atoms with Crippen LogP contribution in [-0.4, -0.2) is 25.2 Å². The van der Waals surface area contributed by atoms with Crippen LogP contribution in [0.1, 0.15) is 25.0 Å². The summed E-state index contributed by atoms with van der Waals surface area (Å²) >= 11 is 0. The van der Waals surface area contributed by atoms with Gasteiger partial charge in [-0.2, -0.15) is 0 Å². The van der Waals surface area contributed by atoms with Gasteiger partial charge in [0.05, 0.1) is 13.2 Å². The second kappa shape index (κ2) is 6.60. The minimum absolute atomic E-state index is 0.205. The van der Waals surface area contributed by atoms with Crippen LogP contribution in [0, 0.1) is 5.41 Å².